The molecule has 0 saturated carbocycles. The lowest BCUT2D eigenvalue weighted by Gasteiger charge is -2.26. The summed E-state index contributed by atoms with van der Waals surface area (Å²) in [5, 5.41) is 5.81. The number of nitrogens with zero attached hydrogens (tertiary/aromatic N) is 3. The third kappa shape index (κ3) is 6.09. The van der Waals surface area contributed by atoms with Crippen LogP contribution in [0, 0.1) is 0 Å². The van der Waals surface area contributed by atoms with Crippen molar-refractivity contribution in [2.24, 2.45) is 0 Å². The standard InChI is InChI=1S/C51H35N3S/c1-5-16-36(17-6-1)37-28-30-42(31-29-37)54(41-23-11-4-12-24-41)43-25-15-18-38(34-43)51-52-49-48-35-44(32-33-46(48)45-26-13-14-27-47(45)50(49)55-51)53(39-19-7-2-8-20-39)40-21-9-3-10-22-40/h1-35H. The van der Waals surface area contributed by atoms with Crippen LogP contribution < -0.4 is 9.80 Å². The van der Waals surface area contributed by atoms with Crippen LogP contribution in [0.3, 0.4) is 0 Å². The molecule has 260 valence electrons. The molecule has 1 aromatic heterocycles. The zero-order chi connectivity index (χ0) is 36.6. The second kappa shape index (κ2) is 14.1. The number of aromatic nitrogens is 1. The first-order valence-electron chi connectivity index (χ1n) is 18.5. The largest absolute Gasteiger partial charge is 0.310 e. The Morgan fingerprint density at radius 3 is 1.36 bits per heavy atom. The molecular weight excluding hydrogens is 687 g/mol. The fourth-order valence-electron chi connectivity index (χ4n) is 7.66. The minimum atomic E-state index is 0.996. The SMILES string of the molecule is c1ccc(-c2ccc(N(c3ccccc3)c3cccc(-c4nc5c6cc(N(c7ccccc7)c7ccccc7)ccc6c6ccccc6c5s4)c3)cc2)cc1. The zero-order valence-electron chi connectivity index (χ0n) is 30.0. The summed E-state index contributed by atoms with van der Waals surface area (Å²) in [6.07, 6.45) is 0. The highest BCUT2D eigenvalue weighted by molar-refractivity contribution is 7.22. The molecule has 0 saturated heterocycles. The quantitative estimate of drug-likeness (QED) is 0.146. The van der Waals surface area contributed by atoms with Crippen LogP contribution >= 0.6 is 11.3 Å². The van der Waals surface area contributed by atoms with E-state index in [1.165, 1.54) is 32.0 Å². The van der Waals surface area contributed by atoms with Crippen LogP contribution in [0.25, 0.3) is 53.5 Å². The van der Waals surface area contributed by atoms with Crippen LogP contribution in [0.15, 0.2) is 212 Å². The monoisotopic (exact) mass is 721 g/mol. The van der Waals surface area contributed by atoms with Gasteiger partial charge in [-0.3, -0.25) is 0 Å². The molecule has 0 aliphatic carbocycles. The number of hydrogen-bond acceptors (Lipinski definition) is 4. The molecule has 10 rings (SSSR count). The summed E-state index contributed by atoms with van der Waals surface area (Å²) in [6, 6.07) is 75.5. The predicted octanol–water partition coefficient (Wildman–Crippen LogP) is 14.9. The van der Waals surface area contributed by atoms with E-state index in [1.807, 2.05) is 0 Å². The minimum Gasteiger partial charge on any atom is -0.310 e. The van der Waals surface area contributed by atoms with Crippen molar-refractivity contribution < 1.29 is 0 Å². The molecule has 0 unspecified atom stereocenters. The van der Waals surface area contributed by atoms with Gasteiger partial charge in [0.1, 0.15) is 5.01 Å². The normalized spacial score (nSPS) is 11.3. The Kier molecular flexibility index (Phi) is 8.36. The lowest BCUT2D eigenvalue weighted by molar-refractivity contribution is 1.28. The van der Waals surface area contributed by atoms with Crippen LogP contribution in [-0.2, 0) is 0 Å². The highest BCUT2D eigenvalue weighted by Gasteiger charge is 2.19. The van der Waals surface area contributed by atoms with Crippen LogP contribution in [0.4, 0.5) is 34.1 Å². The third-order valence-corrected chi connectivity index (χ3v) is 11.4. The first-order valence-corrected chi connectivity index (χ1v) is 19.4. The van der Waals surface area contributed by atoms with Gasteiger partial charge in [0.2, 0.25) is 0 Å². The van der Waals surface area contributed by atoms with Gasteiger partial charge in [0.05, 0.1) is 10.2 Å². The van der Waals surface area contributed by atoms with E-state index in [9.17, 15) is 0 Å². The second-order valence-corrected chi connectivity index (χ2v) is 14.6. The highest BCUT2D eigenvalue weighted by Crippen LogP contribution is 2.45. The van der Waals surface area contributed by atoms with Crippen molar-refractivity contribution in [1.29, 1.82) is 0 Å². The molecule has 3 nitrogen and oxygen atoms in total. The summed E-state index contributed by atoms with van der Waals surface area (Å²) in [4.78, 5) is 10.1. The fraction of sp³-hybridized carbons (Fsp3) is 0. The molecule has 0 atom stereocenters. The number of rotatable bonds is 8. The number of para-hydroxylation sites is 3. The van der Waals surface area contributed by atoms with Gasteiger partial charge in [0, 0.05) is 50.5 Å². The van der Waals surface area contributed by atoms with Gasteiger partial charge < -0.3 is 9.80 Å². The Hall–Kier alpha value is -7.01. The van der Waals surface area contributed by atoms with E-state index in [1.54, 1.807) is 11.3 Å². The molecule has 0 bridgehead atoms. The molecule has 0 aliphatic rings. The van der Waals surface area contributed by atoms with Gasteiger partial charge in [0.25, 0.3) is 0 Å². The maximum atomic E-state index is 5.48. The van der Waals surface area contributed by atoms with E-state index >= 15 is 0 Å². The van der Waals surface area contributed by atoms with Crippen molar-refractivity contribution in [1.82, 2.24) is 4.98 Å². The van der Waals surface area contributed by atoms with Gasteiger partial charge in [-0.05, 0) is 94.7 Å². The van der Waals surface area contributed by atoms with Gasteiger partial charge in [-0.1, -0.05) is 140 Å². The Morgan fingerprint density at radius 2 is 0.745 bits per heavy atom. The van der Waals surface area contributed by atoms with Crippen molar-refractivity contribution in [3.05, 3.63) is 212 Å². The van der Waals surface area contributed by atoms with E-state index in [2.05, 4.69) is 222 Å². The molecule has 1 heterocycles. The van der Waals surface area contributed by atoms with Gasteiger partial charge in [-0.2, -0.15) is 0 Å². The second-order valence-electron chi connectivity index (χ2n) is 13.6. The predicted molar refractivity (Wildman–Crippen MR) is 235 cm³/mol. The van der Waals surface area contributed by atoms with Crippen LogP contribution in [0.2, 0.25) is 0 Å². The molecule has 0 radical (unpaired) electrons. The highest BCUT2D eigenvalue weighted by atomic mass is 32.1. The first-order chi connectivity index (χ1) is 27.3. The van der Waals surface area contributed by atoms with E-state index in [0.29, 0.717) is 0 Å². The minimum absolute atomic E-state index is 0.996. The molecule has 0 spiro atoms. The Labute approximate surface area is 324 Å². The van der Waals surface area contributed by atoms with Gasteiger partial charge in [-0.15, -0.1) is 11.3 Å². The molecule has 0 fully saturated rings. The van der Waals surface area contributed by atoms with Gasteiger partial charge in [-0.25, -0.2) is 4.98 Å². The van der Waals surface area contributed by atoms with Crippen molar-refractivity contribution in [2.45, 2.75) is 0 Å². The van der Waals surface area contributed by atoms with E-state index in [0.717, 1.165) is 55.6 Å². The molecule has 0 N–H and O–H groups in total. The van der Waals surface area contributed by atoms with Gasteiger partial charge >= 0.3 is 0 Å². The van der Waals surface area contributed by atoms with Gasteiger partial charge in [0.15, 0.2) is 0 Å². The molecule has 9 aromatic carbocycles. The number of anilines is 6. The van der Waals surface area contributed by atoms with Crippen LogP contribution in [0.5, 0.6) is 0 Å². The zero-order valence-corrected chi connectivity index (χ0v) is 30.8. The summed E-state index contributed by atoms with van der Waals surface area (Å²) < 4.78 is 1.20. The smallest absolute Gasteiger partial charge is 0.124 e. The van der Waals surface area contributed by atoms with Crippen LogP contribution in [0.1, 0.15) is 0 Å². The lowest BCUT2D eigenvalue weighted by atomic mass is 10.00. The van der Waals surface area contributed by atoms with E-state index in [4.69, 9.17) is 4.98 Å². The Bertz CT molecular complexity index is 2870. The van der Waals surface area contributed by atoms with Crippen molar-refractivity contribution >= 4 is 77.2 Å². The average Bonchev–Trinajstić information content (AvgIpc) is 3.72. The summed E-state index contributed by atoms with van der Waals surface area (Å²) in [5.41, 5.74) is 11.1. The maximum absolute atomic E-state index is 5.48. The lowest BCUT2D eigenvalue weighted by Crippen LogP contribution is -2.09. The summed E-state index contributed by atoms with van der Waals surface area (Å²) in [5.74, 6) is 0. The number of thiazole rings is 1. The van der Waals surface area contributed by atoms with Crippen molar-refractivity contribution in [3.63, 3.8) is 0 Å². The molecule has 0 aliphatic heterocycles. The van der Waals surface area contributed by atoms with E-state index < -0.39 is 0 Å². The topological polar surface area (TPSA) is 19.4 Å². The summed E-state index contributed by atoms with van der Waals surface area (Å²) in [7, 11) is 0. The number of benzene rings is 9. The first kappa shape index (κ1) is 32.6. The van der Waals surface area contributed by atoms with Crippen LogP contribution in [-0.4, -0.2) is 4.98 Å². The Morgan fingerprint density at radius 1 is 0.309 bits per heavy atom. The summed E-state index contributed by atoms with van der Waals surface area (Å²) >= 11 is 1.77. The molecular formula is C51H35N3S. The van der Waals surface area contributed by atoms with E-state index in [-0.39, 0.29) is 0 Å². The molecule has 0 amide bonds. The number of fused-ring (bicyclic) bond motifs is 6. The summed E-state index contributed by atoms with van der Waals surface area (Å²) in [6.45, 7) is 0. The van der Waals surface area contributed by atoms with Crippen molar-refractivity contribution in [3.8, 4) is 21.7 Å². The third-order valence-electron chi connectivity index (χ3n) is 10.2. The fourth-order valence-corrected chi connectivity index (χ4v) is 8.78. The van der Waals surface area contributed by atoms with Crippen molar-refractivity contribution in [2.75, 3.05) is 9.80 Å². The molecule has 55 heavy (non-hydrogen) atoms. The molecule has 10 aromatic rings. The number of hydrogen-bond donors (Lipinski definition) is 0. The maximum Gasteiger partial charge on any atom is 0.124 e. The molecule has 4 heteroatoms. The average molecular weight is 722 g/mol. The Balaban J connectivity index is 1.12.